The zero-order chi connectivity index (χ0) is 17.9. The number of esters is 1. The summed E-state index contributed by atoms with van der Waals surface area (Å²) in [6.45, 7) is 0. The molecule has 0 atom stereocenters. The second-order valence-corrected chi connectivity index (χ2v) is 6.20. The van der Waals surface area contributed by atoms with E-state index in [2.05, 4.69) is 9.46 Å². The molecule has 1 N–H and O–H groups in total. The summed E-state index contributed by atoms with van der Waals surface area (Å²) in [6, 6.07) is 7.81. The van der Waals surface area contributed by atoms with E-state index < -0.39 is 37.3 Å². The fourth-order valence-corrected chi connectivity index (χ4v) is 2.96. The second kappa shape index (κ2) is 6.62. The van der Waals surface area contributed by atoms with Crippen LogP contribution in [0.4, 0.5) is 15.8 Å². The molecule has 24 heavy (non-hydrogen) atoms. The molecular formula is C14H11FN2O6S. The molecule has 0 unspecified atom stereocenters. The van der Waals surface area contributed by atoms with Crippen molar-refractivity contribution in [2.45, 2.75) is 4.90 Å². The van der Waals surface area contributed by atoms with Crippen molar-refractivity contribution in [1.82, 2.24) is 0 Å². The quantitative estimate of drug-likeness (QED) is 0.500. The highest BCUT2D eigenvalue weighted by Crippen LogP contribution is 2.25. The van der Waals surface area contributed by atoms with Crippen LogP contribution in [0.3, 0.4) is 0 Å². The summed E-state index contributed by atoms with van der Waals surface area (Å²) >= 11 is 0. The molecule has 2 rings (SSSR count). The minimum atomic E-state index is -4.28. The van der Waals surface area contributed by atoms with E-state index in [1.54, 1.807) is 0 Å². The van der Waals surface area contributed by atoms with Gasteiger partial charge in [-0.25, -0.2) is 13.2 Å². The summed E-state index contributed by atoms with van der Waals surface area (Å²) in [5.41, 5.74) is -1.09. The SMILES string of the molecule is COC(=O)c1ccccc1NS(=O)(=O)c1ccc(F)c([N+](=O)[O-])c1. The zero-order valence-electron chi connectivity index (χ0n) is 12.2. The van der Waals surface area contributed by atoms with Gasteiger partial charge in [0.2, 0.25) is 5.82 Å². The van der Waals surface area contributed by atoms with Gasteiger partial charge in [0.15, 0.2) is 0 Å². The molecule has 2 aromatic carbocycles. The lowest BCUT2D eigenvalue weighted by atomic mass is 10.2. The van der Waals surface area contributed by atoms with Crippen molar-refractivity contribution in [3.05, 3.63) is 64.0 Å². The van der Waals surface area contributed by atoms with Crippen molar-refractivity contribution in [2.24, 2.45) is 0 Å². The average molecular weight is 354 g/mol. The number of hydrogen-bond acceptors (Lipinski definition) is 6. The molecule has 2 aromatic rings. The number of nitro benzene ring substituents is 1. The molecule has 0 radical (unpaired) electrons. The monoisotopic (exact) mass is 354 g/mol. The molecule has 0 bridgehead atoms. The Labute approximate surface area is 136 Å². The predicted molar refractivity (Wildman–Crippen MR) is 81.6 cm³/mol. The van der Waals surface area contributed by atoms with Gasteiger partial charge in [0.25, 0.3) is 10.0 Å². The Bertz CT molecular complexity index is 913. The minimum Gasteiger partial charge on any atom is -0.465 e. The molecule has 0 aliphatic rings. The van der Waals surface area contributed by atoms with E-state index in [0.29, 0.717) is 12.1 Å². The highest BCUT2D eigenvalue weighted by Gasteiger charge is 2.23. The molecule has 0 aromatic heterocycles. The number of anilines is 1. The number of benzene rings is 2. The maximum absolute atomic E-state index is 13.3. The van der Waals surface area contributed by atoms with Crippen LogP contribution in [-0.4, -0.2) is 26.4 Å². The molecule has 8 nitrogen and oxygen atoms in total. The highest BCUT2D eigenvalue weighted by molar-refractivity contribution is 7.92. The lowest BCUT2D eigenvalue weighted by Crippen LogP contribution is -2.16. The topological polar surface area (TPSA) is 116 Å². The van der Waals surface area contributed by atoms with Crippen molar-refractivity contribution < 1.29 is 27.3 Å². The minimum absolute atomic E-state index is 0.0415. The number of rotatable bonds is 5. The second-order valence-electron chi connectivity index (χ2n) is 4.51. The summed E-state index contributed by atoms with van der Waals surface area (Å²) < 4.78 is 44.7. The number of sulfonamides is 1. The first kappa shape index (κ1) is 17.3. The van der Waals surface area contributed by atoms with Crippen LogP contribution in [0.1, 0.15) is 10.4 Å². The van der Waals surface area contributed by atoms with E-state index in [9.17, 15) is 27.7 Å². The first-order valence-electron chi connectivity index (χ1n) is 6.40. The first-order valence-corrected chi connectivity index (χ1v) is 7.88. The number of nitro groups is 1. The van der Waals surface area contributed by atoms with Crippen LogP contribution in [0.2, 0.25) is 0 Å². The van der Waals surface area contributed by atoms with Crippen LogP contribution in [0.5, 0.6) is 0 Å². The maximum Gasteiger partial charge on any atom is 0.339 e. The van der Waals surface area contributed by atoms with E-state index in [-0.39, 0.29) is 11.3 Å². The first-order chi connectivity index (χ1) is 11.3. The van der Waals surface area contributed by atoms with Crippen LogP contribution >= 0.6 is 0 Å². The van der Waals surface area contributed by atoms with Gasteiger partial charge in [0.1, 0.15) is 0 Å². The Morgan fingerprint density at radius 2 is 1.92 bits per heavy atom. The van der Waals surface area contributed by atoms with Gasteiger partial charge in [-0.15, -0.1) is 0 Å². The van der Waals surface area contributed by atoms with Gasteiger partial charge >= 0.3 is 11.7 Å². The van der Waals surface area contributed by atoms with Crippen molar-refractivity contribution in [1.29, 1.82) is 0 Å². The van der Waals surface area contributed by atoms with Gasteiger partial charge in [-0.3, -0.25) is 14.8 Å². The third-order valence-electron chi connectivity index (χ3n) is 3.00. The summed E-state index contributed by atoms with van der Waals surface area (Å²) in [5.74, 6) is -1.92. The van der Waals surface area contributed by atoms with Crippen LogP contribution in [-0.2, 0) is 14.8 Å². The van der Waals surface area contributed by atoms with Gasteiger partial charge in [-0.05, 0) is 24.3 Å². The number of nitrogens with zero attached hydrogens (tertiary/aromatic N) is 1. The Balaban J connectivity index is 2.45. The van der Waals surface area contributed by atoms with Gasteiger partial charge in [0, 0.05) is 6.07 Å². The lowest BCUT2D eigenvalue weighted by molar-refractivity contribution is -0.387. The van der Waals surface area contributed by atoms with Crippen LogP contribution in [0.15, 0.2) is 47.4 Å². The Kier molecular flexibility index (Phi) is 4.79. The number of para-hydroxylation sites is 1. The van der Waals surface area contributed by atoms with E-state index in [0.717, 1.165) is 13.2 Å². The van der Waals surface area contributed by atoms with Crippen molar-refractivity contribution in [2.75, 3.05) is 11.8 Å². The van der Waals surface area contributed by atoms with Crippen LogP contribution in [0.25, 0.3) is 0 Å². The molecule has 0 spiro atoms. The summed E-state index contributed by atoms with van der Waals surface area (Å²) in [5, 5.41) is 10.7. The molecule has 0 aliphatic heterocycles. The normalized spacial score (nSPS) is 10.9. The Hall–Kier alpha value is -3.01. The standard InChI is InChI=1S/C14H11FN2O6S/c1-23-14(18)10-4-2-3-5-12(10)16-24(21,22)9-6-7-11(15)13(8-9)17(19)20/h2-8,16H,1H3. The smallest absolute Gasteiger partial charge is 0.339 e. The number of ether oxygens (including phenoxy) is 1. The van der Waals surface area contributed by atoms with Crippen LogP contribution < -0.4 is 4.72 Å². The third-order valence-corrected chi connectivity index (χ3v) is 4.36. The number of halogens is 1. The Morgan fingerprint density at radius 3 is 2.54 bits per heavy atom. The van der Waals surface area contributed by atoms with Crippen molar-refractivity contribution in [3.8, 4) is 0 Å². The number of nitrogens with one attached hydrogen (secondary N) is 1. The van der Waals surface area contributed by atoms with Crippen molar-refractivity contribution >= 4 is 27.4 Å². The average Bonchev–Trinajstić information content (AvgIpc) is 2.54. The molecule has 0 saturated heterocycles. The molecule has 10 heteroatoms. The summed E-state index contributed by atoms with van der Waals surface area (Å²) in [6.07, 6.45) is 0. The van der Waals surface area contributed by atoms with Gasteiger partial charge in [0.05, 0.1) is 28.2 Å². The van der Waals surface area contributed by atoms with Crippen molar-refractivity contribution in [3.63, 3.8) is 0 Å². The largest absolute Gasteiger partial charge is 0.465 e. The van der Waals surface area contributed by atoms with Gasteiger partial charge in [-0.2, -0.15) is 4.39 Å². The molecule has 0 heterocycles. The predicted octanol–water partition coefficient (Wildman–Crippen LogP) is 2.32. The van der Waals surface area contributed by atoms with E-state index in [1.807, 2.05) is 0 Å². The van der Waals surface area contributed by atoms with E-state index in [1.165, 1.54) is 24.3 Å². The molecule has 0 fully saturated rings. The summed E-state index contributed by atoms with van der Waals surface area (Å²) in [7, 11) is -3.14. The van der Waals surface area contributed by atoms with Gasteiger partial charge < -0.3 is 4.74 Å². The van der Waals surface area contributed by atoms with Crippen LogP contribution in [0, 0.1) is 15.9 Å². The number of hydrogen-bond donors (Lipinski definition) is 1. The molecule has 0 aliphatic carbocycles. The number of methoxy groups -OCH3 is 1. The lowest BCUT2D eigenvalue weighted by Gasteiger charge is -2.11. The number of carbonyl (C=O) groups is 1. The fraction of sp³-hybridized carbons (Fsp3) is 0.0714. The van der Waals surface area contributed by atoms with Gasteiger partial charge in [-0.1, -0.05) is 12.1 Å². The fourth-order valence-electron chi connectivity index (χ4n) is 1.86. The zero-order valence-corrected chi connectivity index (χ0v) is 13.0. The highest BCUT2D eigenvalue weighted by atomic mass is 32.2. The van der Waals surface area contributed by atoms with E-state index in [4.69, 9.17) is 0 Å². The summed E-state index contributed by atoms with van der Waals surface area (Å²) in [4.78, 5) is 20.8. The Morgan fingerprint density at radius 1 is 1.25 bits per heavy atom. The molecular weight excluding hydrogens is 343 g/mol. The number of carbonyl (C=O) groups excluding carboxylic acids is 1. The molecule has 0 saturated carbocycles. The van der Waals surface area contributed by atoms with E-state index >= 15 is 0 Å². The third kappa shape index (κ3) is 3.49. The molecule has 126 valence electrons. The molecule has 0 amide bonds. The maximum atomic E-state index is 13.3.